The molecule has 0 amide bonds. The number of hydrogen-bond acceptors (Lipinski definition) is 8. The van der Waals surface area contributed by atoms with Crippen LogP contribution in [0, 0.1) is 0 Å². The molecule has 0 atom stereocenters. The number of ether oxygens (including phenoxy) is 6. The van der Waals surface area contributed by atoms with E-state index in [2.05, 4.69) is 0 Å². The van der Waals surface area contributed by atoms with Gasteiger partial charge in [-0.1, -0.05) is 0 Å². The zero-order chi connectivity index (χ0) is 24.0. The first kappa shape index (κ1) is 24.4. The first-order chi connectivity index (χ1) is 16.0. The number of ketones is 1. The molecule has 0 unspecified atom stereocenters. The van der Waals surface area contributed by atoms with E-state index in [0.717, 1.165) is 11.1 Å². The van der Waals surface area contributed by atoms with Gasteiger partial charge in [0.15, 0.2) is 28.8 Å². The van der Waals surface area contributed by atoms with E-state index in [0.29, 0.717) is 57.1 Å². The summed E-state index contributed by atoms with van der Waals surface area (Å²) in [5, 5.41) is 0. The molecular weight excluding hydrogens is 444 g/mol. The lowest BCUT2D eigenvalue weighted by atomic mass is 10.00. The van der Waals surface area contributed by atoms with Gasteiger partial charge in [-0.25, -0.2) is 0 Å². The van der Waals surface area contributed by atoms with Crippen molar-refractivity contribution in [3.63, 3.8) is 0 Å². The maximum absolute atomic E-state index is 13.3. The van der Waals surface area contributed by atoms with Gasteiger partial charge >= 0.3 is 0 Å². The molecule has 7 nitrogen and oxygen atoms in total. The molecule has 0 saturated carbocycles. The van der Waals surface area contributed by atoms with Crippen molar-refractivity contribution in [2.45, 2.75) is 0 Å². The van der Waals surface area contributed by atoms with Crippen molar-refractivity contribution in [3.05, 3.63) is 46.5 Å². The zero-order valence-corrected chi connectivity index (χ0v) is 20.5. The summed E-state index contributed by atoms with van der Waals surface area (Å²) in [5.41, 5.74) is 2.98. The van der Waals surface area contributed by atoms with E-state index in [-0.39, 0.29) is 5.78 Å². The minimum Gasteiger partial charge on any atom is -0.493 e. The molecule has 1 fully saturated rings. The average Bonchev–Trinajstić information content (AvgIpc) is 2.84. The van der Waals surface area contributed by atoms with Crippen LogP contribution in [0.5, 0.6) is 34.5 Å². The molecule has 2 aromatic rings. The second-order valence-electron chi connectivity index (χ2n) is 7.08. The SMILES string of the molecule is COc1cc(/C=C2\CSC/C(=C\c3cc(OC)c(OC)c(OC)c3)C2=O)cc(OC)c1OC. The highest BCUT2D eigenvalue weighted by atomic mass is 32.2. The van der Waals surface area contributed by atoms with Crippen LogP contribution >= 0.6 is 11.8 Å². The normalized spacial score (nSPS) is 16.0. The van der Waals surface area contributed by atoms with Crippen LogP contribution in [0.2, 0.25) is 0 Å². The van der Waals surface area contributed by atoms with E-state index >= 15 is 0 Å². The van der Waals surface area contributed by atoms with Gasteiger partial charge in [0, 0.05) is 22.7 Å². The molecule has 0 aliphatic carbocycles. The quantitative estimate of drug-likeness (QED) is 0.520. The summed E-state index contributed by atoms with van der Waals surface area (Å²) in [6, 6.07) is 7.29. The van der Waals surface area contributed by atoms with E-state index < -0.39 is 0 Å². The van der Waals surface area contributed by atoms with Crippen LogP contribution in [-0.2, 0) is 4.79 Å². The molecule has 0 bridgehead atoms. The largest absolute Gasteiger partial charge is 0.493 e. The van der Waals surface area contributed by atoms with Gasteiger partial charge in [0.25, 0.3) is 0 Å². The smallest absolute Gasteiger partial charge is 0.203 e. The van der Waals surface area contributed by atoms with Crippen LogP contribution in [0.25, 0.3) is 12.2 Å². The Morgan fingerprint density at radius 1 is 0.606 bits per heavy atom. The topological polar surface area (TPSA) is 72.5 Å². The highest BCUT2D eigenvalue weighted by Crippen LogP contribution is 2.40. The van der Waals surface area contributed by atoms with Gasteiger partial charge in [-0.3, -0.25) is 4.79 Å². The van der Waals surface area contributed by atoms with Gasteiger partial charge in [-0.15, -0.1) is 0 Å². The maximum atomic E-state index is 13.3. The number of rotatable bonds is 8. The molecule has 3 rings (SSSR count). The first-order valence-corrected chi connectivity index (χ1v) is 11.3. The fourth-order valence-corrected chi connectivity index (χ4v) is 4.57. The lowest BCUT2D eigenvalue weighted by Gasteiger charge is -2.18. The van der Waals surface area contributed by atoms with Gasteiger partial charge in [-0.05, 0) is 47.5 Å². The lowest BCUT2D eigenvalue weighted by Crippen LogP contribution is -2.16. The molecule has 33 heavy (non-hydrogen) atoms. The third kappa shape index (κ3) is 5.22. The molecule has 8 heteroatoms. The second kappa shape index (κ2) is 11.0. The Bertz CT molecular complexity index is 955. The number of methoxy groups -OCH3 is 6. The van der Waals surface area contributed by atoms with Crippen molar-refractivity contribution in [3.8, 4) is 34.5 Å². The number of benzene rings is 2. The molecule has 1 saturated heterocycles. The molecule has 0 N–H and O–H groups in total. The third-order valence-corrected chi connectivity index (χ3v) is 6.18. The molecular formula is C25H28O7S. The van der Waals surface area contributed by atoms with Crippen molar-refractivity contribution < 1.29 is 33.2 Å². The zero-order valence-electron chi connectivity index (χ0n) is 19.6. The summed E-state index contributed by atoms with van der Waals surface area (Å²) >= 11 is 1.68. The standard InChI is InChI=1S/C25H28O7S/c1-27-19-9-15(10-20(28-2)24(19)31-5)7-17-13-33-14-18(23(17)26)8-16-11-21(29-3)25(32-6)22(12-16)30-4/h7-12H,13-14H2,1-6H3/b17-7+,18-8+. The number of hydrogen-bond donors (Lipinski definition) is 0. The number of carbonyl (C=O) groups is 1. The molecule has 2 aromatic carbocycles. The fourth-order valence-electron chi connectivity index (χ4n) is 3.59. The average molecular weight is 473 g/mol. The molecule has 1 aliphatic heterocycles. The maximum Gasteiger partial charge on any atom is 0.203 e. The summed E-state index contributed by atoms with van der Waals surface area (Å²) in [6.45, 7) is 0. The number of Topliss-reactive ketones (excluding diaryl/α,β-unsaturated/α-hetero) is 1. The van der Waals surface area contributed by atoms with Crippen molar-refractivity contribution in [2.75, 3.05) is 54.2 Å². The van der Waals surface area contributed by atoms with E-state index in [1.54, 1.807) is 54.4 Å². The summed E-state index contributed by atoms with van der Waals surface area (Å²) in [7, 11) is 9.37. The van der Waals surface area contributed by atoms with Gasteiger partial charge in [0.1, 0.15) is 0 Å². The molecule has 176 valence electrons. The molecule has 1 aliphatic rings. The first-order valence-electron chi connectivity index (χ1n) is 10.1. The molecule has 0 aromatic heterocycles. The van der Waals surface area contributed by atoms with E-state index in [1.807, 2.05) is 36.4 Å². The Morgan fingerprint density at radius 2 is 0.939 bits per heavy atom. The summed E-state index contributed by atoms with van der Waals surface area (Å²) < 4.78 is 32.5. The minimum atomic E-state index is -0.00347. The Hall–Kier alpha value is -3.26. The highest BCUT2D eigenvalue weighted by molar-refractivity contribution is 7.99. The monoisotopic (exact) mass is 472 g/mol. The van der Waals surface area contributed by atoms with Crippen LogP contribution in [-0.4, -0.2) is 59.9 Å². The van der Waals surface area contributed by atoms with Gasteiger partial charge in [0.2, 0.25) is 11.5 Å². The number of carbonyl (C=O) groups excluding carboxylic acids is 1. The number of thioether (sulfide) groups is 1. The summed E-state index contributed by atoms with van der Waals surface area (Å²) in [4.78, 5) is 13.3. The Kier molecular flexibility index (Phi) is 8.16. The van der Waals surface area contributed by atoms with E-state index in [4.69, 9.17) is 28.4 Å². The van der Waals surface area contributed by atoms with Crippen molar-refractivity contribution in [2.24, 2.45) is 0 Å². The van der Waals surface area contributed by atoms with Crippen LogP contribution in [0.15, 0.2) is 35.4 Å². The van der Waals surface area contributed by atoms with E-state index in [9.17, 15) is 4.79 Å². The predicted molar refractivity (Wildman–Crippen MR) is 130 cm³/mol. The Balaban J connectivity index is 1.98. The predicted octanol–water partition coefficient (Wildman–Crippen LogP) is 4.52. The van der Waals surface area contributed by atoms with Gasteiger partial charge in [0.05, 0.1) is 42.7 Å². The van der Waals surface area contributed by atoms with Crippen LogP contribution in [0.3, 0.4) is 0 Å². The van der Waals surface area contributed by atoms with Crippen LogP contribution in [0.4, 0.5) is 0 Å². The molecule has 0 radical (unpaired) electrons. The van der Waals surface area contributed by atoms with Gasteiger partial charge in [-0.2, -0.15) is 11.8 Å². The molecule has 0 spiro atoms. The van der Waals surface area contributed by atoms with Crippen molar-refractivity contribution in [1.29, 1.82) is 0 Å². The highest BCUT2D eigenvalue weighted by Gasteiger charge is 2.22. The van der Waals surface area contributed by atoms with Crippen molar-refractivity contribution in [1.82, 2.24) is 0 Å². The fraction of sp³-hybridized carbons (Fsp3) is 0.320. The summed E-state index contributed by atoms with van der Waals surface area (Å²) in [6.07, 6.45) is 3.73. The van der Waals surface area contributed by atoms with E-state index in [1.165, 1.54) is 0 Å². The molecule has 1 heterocycles. The second-order valence-corrected chi connectivity index (χ2v) is 8.06. The van der Waals surface area contributed by atoms with Crippen molar-refractivity contribution >= 4 is 29.7 Å². The van der Waals surface area contributed by atoms with Gasteiger partial charge < -0.3 is 28.4 Å². The Labute approximate surface area is 198 Å². The van der Waals surface area contributed by atoms with Crippen LogP contribution in [0.1, 0.15) is 11.1 Å². The minimum absolute atomic E-state index is 0.00347. The summed E-state index contributed by atoms with van der Waals surface area (Å²) in [5.74, 6) is 4.38. The lowest BCUT2D eigenvalue weighted by molar-refractivity contribution is -0.112. The Morgan fingerprint density at radius 3 is 1.21 bits per heavy atom. The third-order valence-electron chi connectivity index (χ3n) is 5.15. The van der Waals surface area contributed by atoms with Crippen LogP contribution < -0.4 is 28.4 Å².